The Morgan fingerprint density at radius 2 is 1.71 bits per heavy atom. The molecule has 0 aliphatic rings. The molecule has 0 heterocycles. The lowest BCUT2D eigenvalue weighted by Gasteiger charge is -2.14. The zero-order chi connectivity index (χ0) is 24.3. The highest BCUT2D eigenvalue weighted by atomic mass is 35.5. The first-order valence-electron chi connectivity index (χ1n) is 10.4. The van der Waals surface area contributed by atoms with Gasteiger partial charge in [0.15, 0.2) is 6.61 Å². The molecule has 0 fully saturated rings. The summed E-state index contributed by atoms with van der Waals surface area (Å²) in [6.07, 6.45) is 1.38. The number of halogens is 1. The Morgan fingerprint density at radius 3 is 2.41 bits per heavy atom. The number of hydrogen-bond donors (Lipinski definition) is 3. The largest absolute Gasteiger partial charge is 0.484 e. The molecule has 34 heavy (non-hydrogen) atoms. The monoisotopic (exact) mass is 478 g/mol. The van der Waals surface area contributed by atoms with Crippen molar-refractivity contribution < 1.29 is 19.1 Å². The van der Waals surface area contributed by atoms with Crippen molar-refractivity contribution in [2.75, 3.05) is 11.9 Å². The smallest absolute Gasteiger partial charge is 0.329 e. The Kier molecular flexibility index (Phi) is 8.76. The molecule has 3 aromatic carbocycles. The molecule has 9 heteroatoms. The molecule has 0 unspecified atom stereocenters. The Hall–Kier alpha value is -4.17. The van der Waals surface area contributed by atoms with Crippen molar-refractivity contribution in [3.05, 3.63) is 95.0 Å². The van der Waals surface area contributed by atoms with Crippen LogP contribution in [0.2, 0.25) is 5.02 Å². The van der Waals surface area contributed by atoms with E-state index in [-0.39, 0.29) is 18.6 Å². The van der Waals surface area contributed by atoms with E-state index in [1.807, 2.05) is 37.3 Å². The maximum Gasteiger partial charge on any atom is 0.329 e. The summed E-state index contributed by atoms with van der Waals surface area (Å²) in [6, 6.07) is 22.7. The van der Waals surface area contributed by atoms with Crippen molar-refractivity contribution in [3.8, 4) is 5.75 Å². The van der Waals surface area contributed by atoms with Gasteiger partial charge in [0.2, 0.25) is 0 Å². The van der Waals surface area contributed by atoms with Gasteiger partial charge < -0.3 is 15.4 Å². The molecule has 3 aromatic rings. The van der Waals surface area contributed by atoms with Crippen LogP contribution in [0.4, 0.5) is 5.69 Å². The topological polar surface area (TPSA) is 109 Å². The van der Waals surface area contributed by atoms with Crippen LogP contribution in [0.1, 0.15) is 24.1 Å². The van der Waals surface area contributed by atoms with Crippen molar-refractivity contribution in [1.29, 1.82) is 0 Å². The van der Waals surface area contributed by atoms with E-state index in [2.05, 4.69) is 21.2 Å². The van der Waals surface area contributed by atoms with E-state index < -0.39 is 11.8 Å². The highest BCUT2D eigenvalue weighted by Gasteiger charge is 2.13. The van der Waals surface area contributed by atoms with Crippen LogP contribution in [0.25, 0.3) is 0 Å². The van der Waals surface area contributed by atoms with Gasteiger partial charge in [0.05, 0.1) is 12.3 Å². The third-order valence-electron chi connectivity index (χ3n) is 4.60. The molecule has 0 aliphatic carbocycles. The van der Waals surface area contributed by atoms with Gasteiger partial charge >= 0.3 is 11.8 Å². The van der Waals surface area contributed by atoms with Crippen LogP contribution < -0.4 is 20.8 Å². The summed E-state index contributed by atoms with van der Waals surface area (Å²) in [5, 5.41) is 9.51. The van der Waals surface area contributed by atoms with E-state index in [9.17, 15) is 14.4 Å². The SMILES string of the molecule is C[C@@H](NC(=O)COc1ccc(/C=N\NC(=O)C(=O)Nc2cccc(Cl)c2)cc1)c1ccccc1. The fraction of sp³-hybridized carbons (Fsp3) is 0.120. The first kappa shape index (κ1) is 24.5. The van der Waals surface area contributed by atoms with E-state index >= 15 is 0 Å². The fourth-order valence-electron chi connectivity index (χ4n) is 2.88. The molecule has 0 aliphatic heterocycles. The van der Waals surface area contributed by atoms with Crippen LogP contribution in [-0.4, -0.2) is 30.5 Å². The Bertz CT molecular complexity index is 1170. The second-order valence-electron chi connectivity index (χ2n) is 7.22. The standard InChI is InChI=1S/C25H23ClN4O4/c1-17(19-6-3-2-4-7-19)28-23(31)16-34-22-12-10-18(11-13-22)15-27-30-25(33)24(32)29-21-9-5-8-20(26)14-21/h2-15,17H,16H2,1H3,(H,28,31)(H,29,32)(H,30,33)/b27-15-/t17-/m1/s1. The van der Waals surface area contributed by atoms with Gasteiger partial charge in [-0.2, -0.15) is 5.10 Å². The molecule has 1 atom stereocenters. The summed E-state index contributed by atoms with van der Waals surface area (Å²) in [4.78, 5) is 35.9. The van der Waals surface area contributed by atoms with Crippen LogP contribution in [0.15, 0.2) is 84.0 Å². The van der Waals surface area contributed by atoms with Gasteiger partial charge in [-0.25, -0.2) is 5.43 Å². The number of ether oxygens (including phenoxy) is 1. The molecular weight excluding hydrogens is 456 g/mol. The first-order chi connectivity index (χ1) is 16.4. The molecule has 0 bridgehead atoms. The molecular formula is C25H23ClN4O4. The van der Waals surface area contributed by atoms with Crippen molar-refractivity contribution in [2.45, 2.75) is 13.0 Å². The highest BCUT2D eigenvalue weighted by molar-refractivity contribution is 6.39. The number of nitrogens with zero attached hydrogens (tertiary/aromatic N) is 1. The number of carbonyl (C=O) groups is 3. The van der Waals surface area contributed by atoms with Gasteiger partial charge in [0.25, 0.3) is 5.91 Å². The zero-order valence-corrected chi connectivity index (χ0v) is 19.1. The molecule has 3 amide bonds. The number of nitrogens with one attached hydrogen (secondary N) is 3. The zero-order valence-electron chi connectivity index (χ0n) is 18.3. The normalized spacial score (nSPS) is 11.5. The van der Waals surface area contributed by atoms with Gasteiger partial charge in [-0.05, 0) is 60.5 Å². The van der Waals surface area contributed by atoms with Crippen molar-refractivity contribution >= 4 is 41.2 Å². The maximum absolute atomic E-state index is 12.1. The minimum absolute atomic E-state index is 0.123. The van der Waals surface area contributed by atoms with Crippen molar-refractivity contribution in [2.24, 2.45) is 5.10 Å². The van der Waals surface area contributed by atoms with Crippen LogP contribution >= 0.6 is 11.6 Å². The first-order valence-corrected chi connectivity index (χ1v) is 10.8. The second-order valence-corrected chi connectivity index (χ2v) is 7.66. The van der Waals surface area contributed by atoms with Gasteiger partial charge in [-0.3, -0.25) is 14.4 Å². The molecule has 8 nitrogen and oxygen atoms in total. The molecule has 0 spiro atoms. The van der Waals surface area contributed by atoms with Crippen LogP contribution in [0, 0.1) is 0 Å². The average molecular weight is 479 g/mol. The van der Waals surface area contributed by atoms with E-state index in [1.54, 1.807) is 42.5 Å². The summed E-state index contributed by atoms with van der Waals surface area (Å²) < 4.78 is 5.51. The highest BCUT2D eigenvalue weighted by Crippen LogP contribution is 2.15. The van der Waals surface area contributed by atoms with Crippen LogP contribution in [0.5, 0.6) is 5.75 Å². The lowest BCUT2D eigenvalue weighted by Crippen LogP contribution is -2.32. The van der Waals surface area contributed by atoms with Crippen molar-refractivity contribution in [3.63, 3.8) is 0 Å². The molecule has 0 saturated heterocycles. The van der Waals surface area contributed by atoms with Gasteiger partial charge in [0.1, 0.15) is 5.75 Å². The summed E-state index contributed by atoms with van der Waals surface area (Å²) in [6.45, 7) is 1.78. The third kappa shape index (κ3) is 7.75. The molecule has 0 aromatic heterocycles. The number of benzene rings is 3. The minimum Gasteiger partial charge on any atom is -0.484 e. The predicted octanol–water partition coefficient (Wildman–Crippen LogP) is 3.69. The molecule has 3 N–H and O–H groups in total. The quantitative estimate of drug-likeness (QED) is 0.260. The van der Waals surface area contributed by atoms with E-state index in [1.165, 1.54) is 12.3 Å². The molecule has 0 saturated carbocycles. The second kappa shape index (κ2) is 12.2. The predicted molar refractivity (Wildman–Crippen MR) is 131 cm³/mol. The van der Waals surface area contributed by atoms with E-state index in [4.69, 9.17) is 16.3 Å². The van der Waals surface area contributed by atoms with Crippen LogP contribution in [-0.2, 0) is 14.4 Å². The Morgan fingerprint density at radius 1 is 0.971 bits per heavy atom. The number of rotatable bonds is 8. The number of carbonyl (C=O) groups excluding carboxylic acids is 3. The Balaban J connectivity index is 1.41. The van der Waals surface area contributed by atoms with E-state index in [0.29, 0.717) is 22.0 Å². The number of hydrazone groups is 1. The number of hydrogen-bond acceptors (Lipinski definition) is 5. The summed E-state index contributed by atoms with van der Waals surface area (Å²) in [7, 11) is 0. The molecule has 0 radical (unpaired) electrons. The van der Waals surface area contributed by atoms with Gasteiger partial charge in [0, 0.05) is 10.7 Å². The molecule has 3 rings (SSSR count). The number of anilines is 1. The Labute approximate surface area is 202 Å². The lowest BCUT2D eigenvalue weighted by atomic mass is 10.1. The average Bonchev–Trinajstić information content (AvgIpc) is 2.84. The van der Waals surface area contributed by atoms with Gasteiger partial charge in [-0.1, -0.05) is 48.0 Å². The number of amides is 3. The van der Waals surface area contributed by atoms with Crippen molar-refractivity contribution in [1.82, 2.24) is 10.7 Å². The van der Waals surface area contributed by atoms with Gasteiger partial charge in [-0.15, -0.1) is 0 Å². The maximum atomic E-state index is 12.1. The third-order valence-corrected chi connectivity index (χ3v) is 4.83. The van der Waals surface area contributed by atoms with Crippen LogP contribution in [0.3, 0.4) is 0 Å². The lowest BCUT2D eigenvalue weighted by molar-refractivity contribution is -0.136. The minimum atomic E-state index is -0.924. The molecule has 174 valence electrons. The summed E-state index contributed by atoms with van der Waals surface area (Å²) in [5.74, 6) is -1.53. The summed E-state index contributed by atoms with van der Waals surface area (Å²) in [5.41, 5.74) is 4.22. The fourth-order valence-corrected chi connectivity index (χ4v) is 3.07. The van der Waals surface area contributed by atoms with E-state index in [0.717, 1.165) is 5.56 Å². The summed E-state index contributed by atoms with van der Waals surface area (Å²) >= 11 is 5.84.